The lowest BCUT2D eigenvalue weighted by Crippen LogP contribution is -2.24. The van der Waals surface area contributed by atoms with Crippen molar-refractivity contribution >= 4 is 28.6 Å². The van der Waals surface area contributed by atoms with Gasteiger partial charge in [0.15, 0.2) is 5.75 Å². The van der Waals surface area contributed by atoms with Gasteiger partial charge in [0, 0.05) is 23.7 Å². The van der Waals surface area contributed by atoms with Crippen molar-refractivity contribution in [1.29, 1.82) is 0 Å². The number of aryl methyl sites for hydroxylation is 1. The molecule has 1 heterocycles. The van der Waals surface area contributed by atoms with Crippen LogP contribution in [0.15, 0.2) is 82.7 Å². The number of hydrogen-bond donors (Lipinski definition) is 1. The number of nitrogens with zero attached hydrogens (tertiary/aromatic N) is 1. The summed E-state index contributed by atoms with van der Waals surface area (Å²) in [6, 6.07) is 15.3. The van der Waals surface area contributed by atoms with Crippen molar-refractivity contribution in [3.05, 3.63) is 93.8 Å². The number of ether oxygens (including phenoxy) is 2. The Morgan fingerprint density at radius 2 is 1.66 bits per heavy atom. The Bertz CT molecular complexity index is 1490. The fourth-order valence-electron chi connectivity index (χ4n) is 4.86. The molecule has 3 aromatic rings. The number of allylic oxidation sites excluding steroid dienone is 3. The fourth-order valence-corrected chi connectivity index (χ4v) is 4.86. The maximum absolute atomic E-state index is 14.0. The van der Waals surface area contributed by atoms with Crippen LogP contribution in [0.4, 0.5) is 5.69 Å². The van der Waals surface area contributed by atoms with Gasteiger partial charge in [-0.1, -0.05) is 87.1 Å². The first-order valence-corrected chi connectivity index (χ1v) is 16.1. The molecule has 0 aliphatic rings. The predicted molar refractivity (Wildman–Crippen MR) is 185 cm³/mol. The lowest BCUT2D eigenvalue weighted by Gasteiger charge is -2.19. The van der Waals surface area contributed by atoms with Crippen LogP contribution < -0.4 is 20.3 Å². The summed E-state index contributed by atoms with van der Waals surface area (Å²) in [5, 5.41) is 3.76. The van der Waals surface area contributed by atoms with Crippen LogP contribution in [0.5, 0.6) is 11.5 Å². The second kappa shape index (κ2) is 18.6. The summed E-state index contributed by atoms with van der Waals surface area (Å²) < 4.78 is 14.3. The van der Waals surface area contributed by atoms with Crippen LogP contribution in [0.3, 0.4) is 0 Å². The Balaban J connectivity index is 1.98. The minimum atomic E-state index is -0.240. The summed E-state index contributed by atoms with van der Waals surface area (Å²) in [7, 11) is 0. The molecule has 0 spiro atoms. The van der Waals surface area contributed by atoms with E-state index < -0.39 is 0 Å². The highest BCUT2D eigenvalue weighted by Crippen LogP contribution is 2.35. The zero-order chi connectivity index (χ0) is 31.7. The van der Waals surface area contributed by atoms with E-state index in [4.69, 9.17) is 9.47 Å². The number of pyridine rings is 1. The van der Waals surface area contributed by atoms with Gasteiger partial charge in [-0.05, 0) is 82.4 Å². The van der Waals surface area contributed by atoms with Gasteiger partial charge in [-0.15, -0.1) is 0 Å². The molecule has 0 radical (unpaired) electrons. The molecule has 0 bridgehead atoms. The molecule has 0 fully saturated rings. The predicted octanol–water partition coefficient (Wildman–Crippen LogP) is 9.48. The number of unbranched alkanes of at least 4 members (excludes halogenated alkanes) is 4. The van der Waals surface area contributed by atoms with Crippen LogP contribution in [-0.4, -0.2) is 23.7 Å². The van der Waals surface area contributed by atoms with Gasteiger partial charge in [-0.25, -0.2) is 0 Å². The third-order valence-corrected chi connectivity index (χ3v) is 7.40. The van der Waals surface area contributed by atoms with E-state index in [1.54, 1.807) is 10.6 Å². The minimum absolute atomic E-state index is 0.205. The van der Waals surface area contributed by atoms with E-state index in [-0.39, 0.29) is 17.2 Å². The van der Waals surface area contributed by atoms with Crippen molar-refractivity contribution in [2.45, 2.75) is 92.5 Å². The SMILES string of the molecule is CCCCCCn1c(=O)c(OCC=C(C)CCC=C(C)C)c(OCCCC)c2ccc(NC(=O)C=Cc3ccccc3)cc21. The molecule has 0 saturated heterocycles. The fraction of sp³-hybridized carbons (Fsp3) is 0.421. The van der Waals surface area contributed by atoms with Crippen molar-refractivity contribution in [2.75, 3.05) is 18.5 Å². The third-order valence-electron chi connectivity index (χ3n) is 7.40. The van der Waals surface area contributed by atoms with E-state index in [1.807, 2.05) is 54.6 Å². The standard InChI is InChI=1S/C38H50N2O4/c1-6-8-10-14-25-40-34-28-32(39-35(41)23-20-31-18-12-11-13-19-31)21-22-33(34)36(43-26-9-7-2)37(38(40)42)44-27-24-30(5)17-15-16-29(3)4/h11-13,16,18-24,28H,6-10,14-15,17,25-27H2,1-5H3,(H,39,41). The molecular weight excluding hydrogens is 548 g/mol. The van der Waals surface area contributed by atoms with Gasteiger partial charge in [0.05, 0.1) is 12.1 Å². The number of rotatable bonds is 18. The van der Waals surface area contributed by atoms with Crippen molar-refractivity contribution < 1.29 is 14.3 Å². The Hall–Kier alpha value is -4.06. The molecule has 44 heavy (non-hydrogen) atoms. The van der Waals surface area contributed by atoms with Crippen molar-refractivity contribution in [3.63, 3.8) is 0 Å². The average Bonchev–Trinajstić information content (AvgIpc) is 3.01. The molecule has 1 N–H and O–H groups in total. The first-order chi connectivity index (χ1) is 21.3. The van der Waals surface area contributed by atoms with Crippen LogP contribution in [-0.2, 0) is 11.3 Å². The largest absolute Gasteiger partial charge is 0.489 e. The minimum Gasteiger partial charge on any atom is -0.489 e. The molecule has 0 atom stereocenters. The van der Waals surface area contributed by atoms with Crippen LogP contribution in [0.1, 0.15) is 91.5 Å². The Morgan fingerprint density at radius 1 is 0.886 bits per heavy atom. The summed E-state index contributed by atoms with van der Waals surface area (Å²) >= 11 is 0. The summed E-state index contributed by atoms with van der Waals surface area (Å²) in [6.07, 6.45) is 15.5. The van der Waals surface area contributed by atoms with Crippen LogP contribution in [0.25, 0.3) is 17.0 Å². The molecule has 3 rings (SSSR count). The second-order valence-electron chi connectivity index (χ2n) is 11.5. The number of fused-ring (bicyclic) bond motifs is 1. The average molecular weight is 599 g/mol. The summed E-state index contributed by atoms with van der Waals surface area (Å²) in [6.45, 7) is 11.9. The molecule has 1 aromatic heterocycles. The van der Waals surface area contributed by atoms with Crippen LogP contribution in [0.2, 0.25) is 0 Å². The van der Waals surface area contributed by atoms with Crippen LogP contribution >= 0.6 is 0 Å². The Labute approximate surface area is 263 Å². The summed E-state index contributed by atoms with van der Waals surface area (Å²) in [4.78, 5) is 26.8. The number of carbonyl (C=O) groups is 1. The lowest BCUT2D eigenvalue weighted by atomic mass is 10.1. The molecule has 6 heteroatoms. The first kappa shape index (κ1) is 34.4. The van der Waals surface area contributed by atoms with E-state index in [1.165, 1.54) is 17.2 Å². The van der Waals surface area contributed by atoms with E-state index in [2.05, 4.69) is 46.0 Å². The van der Waals surface area contributed by atoms with Gasteiger partial charge in [0.1, 0.15) is 6.61 Å². The van der Waals surface area contributed by atoms with Gasteiger partial charge >= 0.3 is 0 Å². The van der Waals surface area contributed by atoms with E-state index >= 15 is 0 Å². The zero-order valence-electron chi connectivity index (χ0n) is 27.3. The topological polar surface area (TPSA) is 69.6 Å². The normalized spacial score (nSPS) is 11.6. The summed E-state index contributed by atoms with van der Waals surface area (Å²) in [5.74, 6) is 0.483. The molecule has 0 unspecified atom stereocenters. The van der Waals surface area contributed by atoms with Gasteiger partial charge in [-0.2, -0.15) is 0 Å². The molecule has 6 nitrogen and oxygen atoms in total. The van der Waals surface area contributed by atoms with Crippen LogP contribution in [0, 0.1) is 0 Å². The Kier molecular flexibility index (Phi) is 14.5. The van der Waals surface area contributed by atoms with E-state index in [0.29, 0.717) is 31.2 Å². The van der Waals surface area contributed by atoms with Crippen molar-refractivity contribution in [2.24, 2.45) is 0 Å². The quantitative estimate of drug-likeness (QED) is 0.0899. The number of aromatic nitrogens is 1. The smallest absolute Gasteiger partial charge is 0.297 e. The molecular formula is C38H50N2O4. The Morgan fingerprint density at radius 3 is 2.39 bits per heavy atom. The van der Waals surface area contributed by atoms with Gasteiger partial charge in [-0.3, -0.25) is 9.59 Å². The number of hydrogen-bond acceptors (Lipinski definition) is 4. The monoisotopic (exact) mass is 598 g/mol. The van der Waals surface area contributed by atoms with Crippen molar-refractivity contribution in [3.8, 4) is 11.5 Å². The second-order valence-corrected chi connectivity index (χ2v) is 11.5. The molecule has 1 amide bonds. The highest BCUT2D eigenvalue weighted by Gasteiger charge is 2.20. The van der Waals surface area contributed by atoms with Gasteiger partial charge in [0.25, 0.3) is 5.56 Å². The molecule has 0 saturated carbocycles. The molecule has 0 aliphatic carbocycles. The molecule has 2 aromatic carbocycles. The van der Waals surface area contributed by atoms with Gasteiger partial charge in [0.2, 0.25) is 11.7 Å². The number of amides is 1. The highest BCUT2D eigenvalue weighted by atomic mass is 16.5. The lowest BCUT2D eigenvalue weighted by molar-refractivity contribution is -0.111. The first-order valence-electron chi connectivity index (χ1n) is 16.1. The highest BCUT2D eigenvalue weighted by molar-refractivity contribution is 6.03. The maximum Gasteiger partial charge on any atom is 0.297 e. The number of anilines is 1. The number of benzene rings is 2. The zero-order valence-corrected chi connectivity index (χ0v) is 27.3. The third kappa shape index (κ3) is 10.9. The van der Waals surface area contributed by atoms with Gasteiger partial charge < -0.3 is 19.4 Å². The number of carbonyl (C=O) groups excluding carboxylic acids is 1. The van der Waals surface area contributed by atoms with Crippen molar-refractivity contribution in [1.82, 2.24) is 4.57 Å². The summed E-state index contributed by atoms with van der Waals surface area (Å²) in [5.41, 5.74) is 4.61. The number of nitrogens with one attached hydrogen (secondary N) is 1. The van der Waals surface area contributed by atoms with E-state index in [0.717, 1.165) is 67.8 Å². The van der Waals surface area contributed by atoms with E-state index in [9.17, 15) is 9.59 Å². The molecule has 236 valence electrons. The molecule has 0 aliphatic heterocycles. The maximum atomic E-state index is 14.0.